The van der Waals surface area contributed by atoms with Gasteiger partial charge in [0.1, 0.15) is 11.4 Å². The maximum atomic E-state index is 13.4. The van der Waals surface area contributed by atoms with Crippen LogP contribution in [0.1, 0.15) is 48.8 Å². The molecule has 4 nitrogen and oxygen atoms in total. The van der Waals surface area contributed by atoms with Gasteiger partial charge in [0.15, 0.2) is 0 Å². The van der Waals surface area contributed by atoms with Gasteiger partial charge in [-0.2, -0.15) is 5.10 Å². The third-order valence-corrected chi connectivity index (χ3v) is 5.40. The Bertz CT molecular complexity index is 1190. The summed E-state index contributed by atoms with van der Waals surface area (Å²) in [5.41, 5.74) is 5.84. The molecule has 4 aromatic rings. The van der Waals surface area contributed by atoms with Crippen molar-refractivity contribution >= 4 is 11.6 Å². The summed E-state index contributed by atoms with van der Waals surface area (Å²) in [5.74, 6) is -0.380. The van der Waals surface area contributed by atoms with Crippen molar-refractivity contribution in [3.05, 3.63) is 112 Å². The largest absolute Gasteiger partial charge is 0.287 e. The fourth-order valence-electron chi connectivity index (χ4n) is 3.70. The third kappa shape index (κ3) is 3.37. The van der Waals surface area contributed by atoms with Gasteiger partial charge in [0.25, 0.3) is 0 Å². The number of aromatic amines is 1. The summed E-state index contributed by atoms with van der Waals surface area (Å²) in [6, 6.07) is 22.6. The van der Waals surface area contributed by atoms with Crippen LogP contribution in [0, 0.1) is 20.8 Å². The van der Waals surface area contributed by atoms with Crippen molar-refractivity contribution in [2.24, 2.45) is 0 Å². The van der Waals surface area contributed by atoms with E-state index in [1.165, 1.54) is 0 Å². The van der Waals surface area contributed by atoms with Crippen LogP contribution in [0.2, 0.25) is 0 Å². The highest BCUT2D eigenvalue weighted by molar-refractivity contribution is 6.18. The Balaban J connectivity index is 1.94. The lowest BCUT2D eigenvalue weighted by molar-refractivity contribution is 0.102. The van der Waals surface area contributed by atoms with Crippen LogP contribution >= 0.6 is 0 Å². The molecule has 3 aromatic carbocycles. The number of nitrogens with one attached hydrogen (secondary N) is 1. The van der Waals surface area contributed by atoms with Crippen molar-refractivity contribution in [2.45, 2.75) is 20.8 Å². The Labute approximate surface area is 175 Å². The van der Waals surface area contributed by atoms with Gasteiger partial charge >= 0.3 is 0 Å². The highest BCUT2D eigenvalue weighted by Gasteiger charge is 2.28. The van der Waals surface area contributed by atoms with Crippen molar-refractivity contribution in [2.75, 3.05) is 0 Å². The first-order valence-corrected chi connectivity index (χ1v) is 9.84. The van der Waals surface area contributed by atoms with Gasteiger partial charge < -0.3 is 0 Å². The van der Waals surface area contributed by atoms with E-state index in [1.54, 1.807) is 12.1 Å². The summed E-state index contributed by atoms with van der Waals surface area (Å²) in [6.45, 7) is 5.76. The van der Waals surface area contributed by atoms with E-state index in [0.717, 1.165) is 22.3 Å². The van der Waals surface area contributed by atoms with Crippen LogP contribution in [0.4, 0.5) is 0 Å². The van der Waals surface area contributed by atoms with Gasteiger partial charge in [0.05, 0.1) is 0 Å². The van der Waals surface area contributed by atoms with E-state index >= 15 is 0 Å². The van der Waals surface area contributed by atoms with Gasteiger partial charge in [0.2, 0.25) is 11.6 Å². The highest BCUT2D eigenvalue weighted by atomic mass is 16.1. The van der Waals surface area contributed by atoms with E-state index in [-0.39, 0.29) is 17.3 Å². The molecule has 0 fully saturated rings. The molecule has 0 aliphatic rings. The van der Waals surface area contributed by atoms with Gasteiger partial charge in [-0.15, -0.1) is 0 Å². The lowest BCUT2D eigenvalue weighted by Crippen LogP contribution is -2.08. The zero-order valence-corrected chi connectivity index (χ0v) is 17.2. The molecule has 0 radical (unpaired) electrons. The van der Waals surface area contributed by atoms with Crippen molar-refractivity contribution in [1.82, 2.24) is 10.2 Å². The van der Waals surface area contributed by atoms with Crippen molar-refractivity contribution in [3.63, 3.8) is 0 Å². The van der Waals surface area contributed by atoms with Crippen LogP contribution in [-0.2, 0) is 0 Å². The second kappa shape index (κ2) is 7.91. The number of nitrogens with zero attached hydrogens (tertiary/aromatic N) is 1. The van der Waals surface area contributed by atoms with E-state index in [0.29, 0.717) is 22.4 Å². The number of H-pyrrole nitrogens is 1. The fraction of sp³-hybridized carbons (Fsp3) is 0.115. The lowest BCUT2D eigenvalue weighted by atomic mass is 9.91. The zero-order valence-electron chi connectivity index (χ0n) is 17.2. The normalized spacial score (nSPS) is 10.8. The Hall–Kier alpha value is -3.79. The van der Waals surface area contributed by atoms with E-state index in [1.807, 2.05) is 81.4 Å². The van der Waals surface area contributed by atoms with Crippen molar-refractivity contribution in [3.8, 4) is 11.1 Å². The number of ketones is 2. The molecule has 1 N–H and O–H groups in total. The molecule has 0 atom stereocenters. The van der Waals surface area contributed by atoms with Crippen LogP contribution in [-0.4, -0.2) is 21.8 Å². The molecule has 0 amide bonds. The molecule has 0 aliphatic carbocycles. The molecule has 4 heteroatoms. The van der Waals surface area contributed by atoms with Gasteiger partial charge in [-0.25, -0.2) is 0 Å². The minimum absolute atomic E-state index is 0.178. The molecule has 1 heterocycles. The summed E-state index contributed by atoms with van der Waals surface area (Å²) in [5, 5.41) is 7.21. The number of rotatable bonds is 5. The maximum Gasteiger partial charge on any atom is 0.214 e. The Morgan fingerprint density at radius 1 is 0.667 bits per heavy atom. The van der Waals surface area contributed by atoms with E-state index in [9.17, 15) is 9.59 Å². The van der Waals surface area contributed by atoms with Crippen molar-refractivity contribution < 1.29 is 9.59 Å². The third-order valence-electron chi connectivity index (χ3n) is 5.40. The summed E-state index contributed by atoms with van der Waals surface area (Å²) in [4.78, 5) is 26.8. The first-order valence-electron chi connectivity index (χ1n) is 9.84. The predicted molar refractivity (Wildman–Crippen MR) is 118 cm³/mol. The Morgan fingerprint density at radius 2 is 1.17 bits per heavy atom. The molecule has 0 spiro atoms. The first-order chi connectivity index (χ1) is 14.5. The van der Waals surface area contributed by atoms with Crippen LogP contribution in [0.15, 0.2) is 72.8 Å². The summed E-state index contributed by atoms with van der Waals surface area (Å²) < 4.78 is 0. The van der Waals surface area contributed by atoms with E-state index < -0.39 is 0 Å². The number of hydrogen-bond acceptors (Lipinski definition) is 3. The first kappa shape index (κ1) is 19.5. The van der Waals surface area contributed by atoms with Gasteiger partial charge in [-0.1, -0.05) is 72.8 Å². The quantitative estimate of drug-likeness (QED) is 0.457. The standard InChI is InChI=1S/C26H22N2O2/c1-16-10-4-7-13-19(16)22-23(25(29)20-14-8-5-11-17(20)2)27-28-24(22)26(30)21-15-9-6-12-18(21)3/h4-15H,1-3H3,(H,27,28). The molecule has 0 saturated heterocycles. The molecule has 1 aromatic heterocycles. The highest BCUT2D eigenvalue weighted by Crippen LogP contribution is 2.32. The number of benzene rings is 3. The second-order valence-electron chi connectivity index (χ2n) is 7.43. The smallest absolute Gasteiger partial charge is 0.214 e. The number of aryl methyl sites for hydroxylation is 3. The number of hydrogen-bond donors (Lipinski definition) is 1. The molecule has 0 aliphatic heterocycles. The van der Waals surface area contributed by atoms with Crippen LogP contribution in [0.3, 0.4) is 0 Å². The molecule has 4 rings (SSSR count). The average molecular weight is 394 g/mol. The average Bonchev–Trinajstić information content (AvgIpc) is 3.18. The predicted octanol–water partition coefficient (Wildman–Crippen LogP) is 5.46. The van der Waals surface area contributed by atoms with Gasteiger partial charge in [-0.05, 0) is 43.0 Å². The number of carbonyl (C=O) groups excluding carboxylic acids is 2. The zero-order chi connectivity index (χ0) is 21.3. The molecule has 0 unspecified atom stereocenters. The van der Waals surface area contributed by atoms with Gasteiger partial charge in [0, 0.05) is 16.7 Å². The SMILES string of the molecule is Cc1ccccc1C(=O)c1n[nH]c(C(=O)c2ccccc2C)c1-c1ccccc1C. The van der Waals surface area contributed by atoms with Crippen LogP contribution in [0.5, 0.6) is 0 Å². The molecule has 0 bridgehead atoms. The maximum absolute atomic E-state index is 13.4. The van der Waals surface area contributed by atoms with E-state index in [2.05, 4.69) is 10.2 Å². The monoisotopic (exact) mass is 394 g/mol. The number of aromatic nitrogens is 2. The minimum Gasteiger partial charge on any atom is -0.287 e. The van der Waals surface area contributed by atoms with Crippen molar-refractivity contribution in [1.29, 1.82) is 0 Å². The molecule has 0 saturated carbocycles. The van der Waals surface area contributed by atoms with E-state index in [4.69, 9.17) is 0 Å². The molecule has 30 heavy (non-hydrogen) atoms. The lowest BCUT2D eigenvalue weighted by Gasteiger charge is -2.10. The summed E-state index contributed by atoms with van der Waals surface area (Å²) in [6.07, 6.45) is 0. The number of carbonyl (C=O) groups is 2. The fourth-order valence-corrected chi connectivity index (χ4v) is 3.70. The Kier molecular flexibility index (Phi) is 5.15. The topological polar surface area (TPSA) is 62.8 Å². The summed E-state index contributed by atoms with van der Waals surface area (Å²) >= 11 is 0. The molecular formula is C26H22N2O2. The minimum atomic E-state index is -0.202. The Morgan fingerprint density at radius 3 is 1.73 bits per heavy atom. The van der Waals surface area contributed by atoms with Crippen LogP contribution < -0.4 is 0 Å². The molecular weight excluding hydrogens is 372 g/mol. The second-order valence-corrected chi connectivity index (χ2v) is 7.43. The van der Waals surface area contributed by atoms with Crippen LogP contribution in [0.25, 0.3) is 11.1 Å². The summed E-state index contributed by atoms with van der Waals surface area (Å²) in [7, 11) is 0. The molecule has 148 valence electrons. The van der Waals surface area contributed by atoms with Gasteiger partial charge in [-0.3, -0.25) is 14.7 Å².